The van der Waals surface area contributed by atoms with Gasteiger partial charge in [0.15, 0.2) is 0 Å². The molecule has 0 bridgehead atoms. The fourth-order valence-corrected chi connectivity index (χ4v) is 4.94. The van der Waals surface area contributed by atoms with Gasteiger partial charge in [0.1, 0.15) is 11.9 Å². The number of amidine groups is 1. The van der Waals surface area contributed by atoms with Crippen molar-refractivity contribution in [2.75, 3.05) is 0 Å². The van der Waals surface area contributed by atoms with Gasteiger partial charge in [0.25, 0.3) is 10.0 Å². The van der Waals surface area contributed by atoms with Crippen molar-refractivity contribution in [2.24, 2.45) is 4.99 Å². The number of hydrogen-bond donors (Lipinski definition) is 2. The Morgan fingerprint density at radius 2 is 1.81 bits per heavy atom. The Morgan fingerprint density at radius 3 is 2.56 bits per heavy atom. The second kappa shape index (κ2) is 8.58. The van der Waals surface area contributed by atoms with Crippen LogP contribution in [0.15, 0.2) is 64.5 Å². The van der Waals surface area contributed by atoms with E-state index in [1.165, 1.54) is 6.07 Å². The molecule has 0 aliphatic carbocycles. The van der Waals surface area contributed by atoms with Crippen LogP contribution < -0.4 is 10.0 Å². The van der Waals surface area contributed by atoms with Gasteiger partial charge in [0.05, 0.1) is 17.1 Å². The summed E-state index contributed by atoms with van der Waals surface area (Å²) in [5.41, 5.74) is 4.43. The van der Waals surface area contributed by atoms with E-state index in [9.17, 15) is 13.2 Å². The molecule has 0 unspecified atom stereocenters. The predicted molar refractivity (Wildman–Crippen MR) is 122 cm³/mol. The number of benzene rings is 2. The van der Waals surface area contributed by atoms with Gasteiger partial charge >= 0.3 is 0 Å². The Balaban J connectivity index is 1.45. The largest absolute Gasteiger partial charge is 0.350 e. The van der Waals surface area contributed by atoms with Crippen molar-refractivity contribution in [1.29, 1.82) is 0 Å². The zero-order chi connectivity index (χ0) is 22.9. The summed E-state index contributed by atoms with van der Waals surface area (Å²) in [6.07, 6.45) is 0. The molecule has 2 aromatic carbocycles. The molecule has 9 heteroatoms. The number of amides is 1. The van der Waals surface area contributed by atoms with E-state index in [2.05, 4.69) is 20.1 Å². The van der Waals surface area contributed by atoms with Crippen LogP contribution in [-0.2, 0) is 27.9 Å². The average Bonchev–Trinajstić information content (AvgIpc) is 3.19. The average molecular weight is 452 g/mol. The first-order valence-electron chi connectivity index (χ1n) is 10.3. The van der Waals surface area contributed by atoms with Crippen LogP contribution in [0.4, 0.5) is 0 Å². The number of fused-ring (bicyclic) bond motifs is 1. The van der Waals surface area contributed by atoms with Gasteiger partial charge in [-0.2, -0.15) is 5.10 Å². The summed E-state index contributed by atoms with van der Waals surface area (Å²) in [4.78, 5) is 17.2. The molecule has 0 saturated carbocycles. The maximum atomic E-state index is 12.7. The quantitative estimate of drug-likeness (QED) is 0.600. The van der Waals surface area contributed by atoms with Gasteiger partial charge in [0.2, 0.25) is 5.91 Å². The second-order valence-electron chi connectivity index (χ2n) is 7.77. The fraction of sp³-hybridized carbons (Fsp3) is 0.261. The van der Waals surface area contributed by atoms with Crippen molar-refractivity contribution >= 4 is 21.8 Å². The Bertz CT molecular complexity index is 1300. The standard InChI is InChI=1S/C23H25N5O3S/c1-15-20(17(3)28(26-15)14-18-9-5-4-6-10-18)13-24-23(29)16(2)25-22-19-11-7-8-12-21(19)32(30,31)27-22/h4-12,16H,13-14H2,1-3H3,(H,24,29)(H,25,27)/t16-/m0/s1. The molecule has 2 heterocycles. The van der Waals surface area contributed by atoms with Crippen molar-refractivity contribution in [3.8, 4) is 0 Å². The summed E-state index contributed by atoms with van der Waals surface area (Å²) in [5.74, 6) is -0.109. The minimum atomic E-state index is -3.64. The Morgan fingerprint density at radius 1 is 1.12 bits per heavy atom. The summed E-state index contributed by atoms with van der Waals surface area (Å²) >= 11 is 0. The summed E-state index contributed by atoms with van der Waals surface area (Å²) < 4.78 is 28.8. The van der Waals surface area contributed by atoms with E-state index in [0.717, 1.165) is 22.5 Å². The lowest BCUT2D eigenvalue weighted by Gasteiger charge is -2.10. The van der Waals surface area contributed by atoms with Crippen molar-refractivity contribution in [2.45, 2.75) is 44.8 Å². The summed E-state index contributed by atoms with van der Waals surface area (Å²) in [5, 5.41) is 7.51. The van der Waals surface area contributed by atoms with E-state index in [4.69, 9.17) is 0 Å². The number of aryl methyl sites for hydroxylation is 1. The lowest BCUT2D eigenvalue weighted by molar-refractivity contribution is -0.122. The molecule has 1 aromatic heterocycles. The number of nitrogens with one attached hydrogen (secondary N) is 2. The van der Waals surface area contributed by atoms with Gasteiger partial charge in [-0.25, -0.2) is 8.42 Å². The molecule has 4 rings (SSSR count). The molecule has 2 N–H and O–H groups in total. The molecular weight excluding hydrogens is 426 g/mol. The van der Waals surface area contributed by atoms with Crippen molar-refractivity contribution in [3.63, 3.8) is 0 Å². The van der Waals surface area contributed by atoms with Crippen LogP contribution in [0.3, 0.4) is 0 Å². The van der Waals surface area contributed by atoms with Crippen LogP contribution in [0.5, 0.6) is 0 Å². The van der Waals surface area contributed by atoms with Crippen LogP contribution in [0.2, 0.25) is 0 Å². The molecule has 0 fully saturated rings. The SMILES string of the molecule is Cc1nn(Cc2ccccc2)c(C)c1CNC(=O)[C@H](C)N=C1NS(=O)(=O)c2ccccc21. The Kier molecular flexibility index (Phi) is 5.84. The van der Waals surface area contributed by atoms with Gasteiger partial charge in [0, 0.05) is 23.4 Å². The first kappa shape index (κ1) is 21.8. The van der Waals surface area contributed by atoms with Crippen molar-refractivity contribution in [3.05, 3.63) is 82.7 Å². The predicted octanol–water partition coefficient (Wildman–Crippen LogP) is 2.29. The molecular formula is C23H25N5O3S. The summed E-state index contributed by atoms with van der Waals surface area (Å²) in [6, 6.07) is 15.9. The molecule has 1 aliphatic rings. The van der Waals surface area contributed by atoms with Gasteiger partial charge in [-0.3, -0.25) is 19.2 Å². The molecule has 0 saturated heterocycles. The Hall–Kier alpha value is -3.46. The normalized spacial score (nSPS) is 16.4. The van der Waals surface area contributed by atoms with Gasteiger partial charge < -0.3 is 5.32 Å². The van der Waals surface area contributed by atoms with Crippen molar-refractivity contribution in [1.82, 2.24) is 19.8 Å². The van der Waals surface area contributed by atoms with Crippen molar-refractivity contribution < 1.29 is 13.2 Å². The number of aromatic nitrogens is 2. The van der Waals surface area contributed by atoms with Crippen LogP contribution >= 0.6 is 0 Å². The molecule has 8 nitrogen and oxygen atoms in total. The number of carbonyl (C=O) groups excluding carboxylic acids is 1. The summed E-state index contributed by atoms with van der Waals surface area (Å²) in [6.45, 7) is 6.52. The monoisotopic (exact) mass is 451 g/mol. The number of aliphatic imine (C=N–C) groups is 1. The smallest absolute Gasteiger partial charge is 0.263 e. The number of nitrogens with zero attached hydrogens (tertiary/aromatic N) is 3. The molecule has 1 amide bonds. The lowest BCUT2D eigenvalue weighted by Crippen LogP contribution is -2.33. The van der Waals surface area contributed by atoms with Crippen LogP contribution in [-0.4, -0.2) is 36.0 Å². The second-order valence-corrected chi connectivity index (χ2v) is 9.42. The highest BCUT2D eigenvalue weighted by Gasteiger charge is 2.31. The fourth-order valence-electron chi connectivity index (χ4n) is 3.71. The molecule has 32 heavy (non-hydrogen) atoms. The van der Waals surface area contributed by atoms with Crippen LogP contribution in [0, 0.1) is 13.8 Å². The summed E-state index contributed by atoms with van der Waals surface area (Å²) in [7, 11) is -3.64. The van der Waals surface area contributed by atoms with E-state index in [-0.39, 0.29) is 16.6 Å². The zero-order valence-corrected chi connectivity index (χ0v) is 19.0. The minimum Gasteiger partial charge on any atom is -0.350 e. The van der Waals surface area contributed by atoms with Crippen LogP contribution in [0.25, 0.3) is 0 Å². The topological polar surface area (TPSA) is 105 Å². The van der Waals surface area contributed by atoms with Gasteiger partial charge in [-0.15, -0.1) is 0 Å². The lowest BCUT2D eigenvalue weighted by atomic mass is 10.2. The minimum absolute atomic E-state index is 0.170. The van der Waals surface area contributed by atoms with Gasteiger partial charge in [-0.05, 0) is 38.5 Å². The first-order chi connectivity index (χ1) is 15.3. The highest BCUT2D eigenvalue weighted by atomic mass is 32.2. The molecule has 166 valence electrons. The van der Waals surface area contributed by atoms with E-state index in [0.29, 0.717) is 18.7 Å². The number of rotatable bonds is 6. The zero-order valence-electron chi connectivity index (χ0n) is 18.2. The highest BCUT2D eigenvalue weighted by Crippen LogP contribution is 2.22. The first-order valence-corrected chi connectivity index (χ1v) is 11.8. The van der Waals surface area contributed by atoms with E-state index < -0.39 is 16.1 Å². The molecule has 0 radical (unpaired) electrons. The molecule has 3 aromatic rings. The molecule has 1 aliphatic heterocycles. The maximum Gasteiger partial charge on any atom is 0.263 e. The maximum absolute atomic E-state index is 12.7. The van der Waals surface area contributed by atoms with E-state index >= 15 is 0 Å². The van der Waals surface area contributed by atoms with E-state index in [1.54, 1.807) is 25.1 Å². The third kappa shape index (κ3) is 4.29. The number of hydrogen-bond acceptors (Lipinski definition) is 5. The Labute approximate surface area is 187 Å². The van der Waals surface area contributed by atoms with Gasteiger partial charge in [-0.1, -0.05) is 42.5 Å². The molecule has 1 atom stereocenters. The number of sulfonamides is 1. The molecule has 0 spiro atoms. The number of carbonyl (C=O) groups is 1. The third-order valence-corrected chi connectivity index (χ3v) is 6.91. The van der Waals surface area contributed by atoms with E-state index in [1.807, 2.05) is 48.9 Å². The highest BCUT2D eigenvalue weighted by molar-refractivity contribution is 7.90. The van der Waals surface area contributed by atoms with Crippen LogP contribution in [0.1, 0.15) is 35.0 Å². The third-order valence-electron chi connectivity index (χ3n) is 5.51.